The Bertz CT molecular complexity index is 220. The molecule has 2 saturated heterocycles. The summed E-state index contributed by atoms with van der Waals surface area (Å²) in [5.41, 5.74) is 0. The van der Waals surface area contributed by atoms with Crippen molar-refractivity contribution in [3.05, 3.63) is 0 Å². The van der Waals surface area contributed by atoms with Gasteiger partial charge in [0.15, 0.2) is 0 Å². The molecular weight excluding hydrogens is 222 g/mol. The first-order valence-electron chi connectivity index (χ1n) is 8.00. The average molecular weight is 253 g/mol. The summed E-state index contributed by atoms with van der Waals surface area (Å²) in [5, 5.41) is 3.44. The molecule has 1 atom stereocenters. The van der Waals surface area contributed by atoms with Gasteiger partial charge in [0, 0.05) is 51.4 Å². The normalized spacial score (nSPS) is 25.0. The van der Waals surface area contributed by atoms with E-state index < -0.39 is 0 Å². The van der Waals surface area contributed by atoms with Crippen molar-refractivity contribution in [2.24, 2.45) is 0 Å². The van der Waals surface area contributed by atoms with Gasteiger partial charge < -0.3 is 5.32 Å². The lowest BCUT2D eigenvalue weighted by Gasteiger charge is -2.49. The number of hydrogen-bond donors (Lipinski definition) is 1. The highest BCUT2D eigenvalue weighted by atomic mass is 15.3. The molecule has 3 nitrogen and oxygen atoms in total. The minimum atomic E-state index is 0.807. The van der Waals surface area contributed by atoms with Crippen molar-refractivity contribution in [2.45, 2.75) is 58.0 Å². The molecule has 2 aliphatic heterocycles. The lowest BCUT2D eigenvalue weighted by molar-refractivity contribution is 0.00158. The number of nitrogens with one attached hydrogen (secondary N) is 1. The first-order chi connectivity index (χ1) is 8.81. The van der Waals surface area contributed by atoms with Crippen molar-refractivity contribution >= 4 is 0 Å². The van der Waals surface area contributed by atoms with Crippen LogP contribution in [0.3, 0.4) is 0 Å². The van der Waals surface area contributed by atoms with Crippen molar-refractivity contribution in [1.29, 1.82) is 0 Å². The number of likely N-dealkylation sites (tertiary alicyclic amines) is 1. The van der Waals surface area contributed by atoms with Gasteiger partial charge in [0.05, 0.1) is 0 Å². The first kappa shape index (κ1) is 14.3. The van der Waals surface area contributed by atoms with Crippen LogP contribution in [0.25, 0.3) is 0 Å². The zero-order chi connectivity index (χ0) is 12.8. The van der Waals surface area contributed by atoms with E-state index in [9.17, 15) is 0 Å². The molecule has 1 N–H and O–H groups in total. The summed E-state index contributed by atoms with van der Waals surface area (Å²) in [6.45, 7) is 12.2. The highest BCUT2D eigenvalue weighted by Crippen LogP contribution is 2.21. The van der Waals surface area contributed by atoms with E-state index in [0.29, 0.717) is 0 Å². The largest absolute Gasteiger partial charge is 0.314 e. The maximum Gasteiger partial charge on any atom is 0.0351 e. The van der Waals surface area contributed by atoms with E-state index in [1.165, 1.54) is 71.4 Å². The predicted octanol–water partition coefficient (Wildman–Crippen LogP) is 1.93. The minimum absolute atomic E-state index is 0.807. The molecular formula is C15H31N3. The van der Waals surface area contributed by atoms with Crippen LogP contribution in [0.5, 0.6) is 0 Å². The van der Waals surface area contributed by atoms with Gasteiger partial charge in [0.2, 0.25) is 0 Å². The van der Waals surface area contributed by atoms with Gasteiger partial charge in [-0.2, -0.15) is 0 Å². The average Bonchev–Trinajstić information content (AvgIpc) is 2.34. The Balaban J connectivity index is 1.56. The molecule has 0 aromatic carbocycles. The van der Waals surface area contributed by atoms with E-state index >= 15 is 0 Å². The van der Waals surface area contributed by atoms with Gasteiger partial charge in [-0.25, -0.2) is 0 Å². The third kappa shape index (κ3) is 3.94. The number of unbranched alkanes of at least 4 members (excludes halogenated alkanes) is 3. The van der Waals surface area contributed by atoms with Crippen LogP contribution in [-0.4, -0.2) is 61.2 Å². The van der Waals surface area contributed by atoms with Crippen LogP contribution in [-0.2, 0) is 0 Å². The number of hydrogen-bond acceptors (Lipinski definition) is 3. The SMILES string of the molecule is CCCCCCC(C)N1CC(N2CCNCC2)C1. The fourth-order valence-electron chi connectivity index (χ4n) is 3.18. The smallest absolute Gasteiger partial charge is 0.0351 e. The van der Waals surface area contributed by atoms with Crippen molar-refractivity contribution in [3.8, 4) is 0 Å². The summed E-state index contributed by atoms with van der Waals surface area (Å²) in [5.74, 6) is 0. The molecule has 0 spiro atoms. The van der Waals surface area contributed by atoms with Gasteiger partial charge in [-0.05, 0) is 13.3 Å². The molecule has 0 radical (unpaired) electrons. The van der Waals surface area contributed by atoms with E-state index in [2.05, 4.69) is 29.0 Å². The summed E-state index contributed by atoms with van der Waals surface area (Å²) in [6.07, 6.45) is 7.01. The molecule has 106 valence electrons. The standard InChI is InChI=1S/C15H31N3/c1-3-4-5-6-7-14(2)18-12-15(13-18)17-10-8-16-9-11-17/h14-16H,3-13H2,1-2H3. The van der Waals surface area contributed by atoms with E-state index in [4.69, 9.17) is 0 Å². The molecule has 3 heteroatoms. The Morgan fingerprint density at radius 3 is 2.50 bits per heavy atom. The van der Waals surface area contributed by atoms with Crippen LogP contribution in [0.15, 0.2) is 0 Å². The fourth-order valence-corrected chi connectivity index (χ4v) is 3.18. The van der Waals surface area contributed by atoms with Crippen LogP contribution in [0.2, 0.25) is 0 Å². The summed E-state index contributed by atoms with van der Waals surface area (Å²) in [4.78, 5) is 5.36. The minimum Gasteiger partial charge on any atom is -0.314 e. The second-order valence-electron chi connectivity index (χ2n) is 6.09. The van der Waals surface area contributed by atoms with Gasteiger partial charge in [-0.3, -0.25) is 9.80 Å². The zero-order valence-corrected chi connectivity index (χ0v) is 12.3. The monoisotopic (exact) mass is 253 g/mol. The molecule has 0 amide bonds. The Morgan fingerprint density at radius 1 is 1.11 bits per heavy atom. The molecule has 0 saturated carbocycles. The van der Waals surface area contributed by atoms with E-state index in [-0.39, 0.29) is 0 Å². The Labute approximate surface area is 113 Å². The van der Waals surface area contributed by atoms with Crippen molar-refractivity contribution in [2.75, 3.05) is 39.3 Å². The quantitative estimate of drug-likeness (QED) is 0.700. The number of nitrogens with zero attached hydrogens (tertiary/aromatic N) is 2. The fraction of sp³-hybridized carbons (Fsp3) is 1.00. The predicted molar refractivity (Wildman–Crippen MR) is 78.0 cm³/mol. The van der Waals surface area contributed by atoms with E-state index in [1.54, 1.807) is 0 Å². The Hall–Kier alpha value is -0.120. The van der Waals surface area contributed by atoms with E-state index in [0.717, 1.165) is 12.1 Å². The number of piperazine rings is 1. The molecule has 1 unspecified atom stereocenters. The van der Waals surface area contributed by atoms with Crippen LogP contribution < -0.4 is 5.32 Å². The van der Waals surface area contributed by atoms with Crippen LogP contribution in [0, 0.1) is 0 Å². The van der Waals surface area contributed by atoms with Crippen molar-refractivity contribution < 1.29 is 0 Å². The third-order valence-corrected chi connectivity index (χ3v) is 4.66. The Morgan fingerprint density at radius 2 is 1.83 bits per heavy atom. The Kier molecular flexibility index (Phi) is 5.93. The van der Waals surface area contributed by atoms with Gasteiger partial charge >= 0.3 is 0 Å². The molecule has 2 aliphatic rings. The maximum absolute atomic E-state index is 3.44. The van der Waals surface area contributed by atoms with Crippen LogP contribution >= 0.6 is 0 Å². The summed E-state index contributed by atoms with van der Waals surface area (Å²) < 4.78 is 0. The number of rotatable bonds is 7. The molecule has 2 rings (SSSR count). The van der Waals surface area contributed by atoms with Crippen molar-refractivity contribution in [3.63, 3.8) is 0 Å². The van der Waals surface area contributed by atoms with Crippen molar-refractivity contribution in [1.82, 2.24) is 15.1 Å². The highest BCUT2D eigenvalue weighted by molar-refractivity contribution is 4.91. The van der Waals surface area contributed by atoms with Gasteiger partial charge in [0.25, 0.3) is 0 Å². The molecule has 18 heavy (non-hydrogen) atoms. The second-order valence-corrected chi connectivity index (χ2v) is 6.09. The first-order valence-corrected chi connectivity index (χ1v) is 8.00. The molecule has 0 bridgehead atoms. The molecule has 0 aromatic heterocycles. The summed E-state index contributed by atoms with van der Waals surface area (Å²) in [6, 6.07) is 1.66. The van der Waals surface area contributed by atoms with Gasteiger partial charge in [-0.15, -0.1) is 0 Å². The zero-order valence-electron chi connectivity index (χ0n) is 12.3. The van der Waals surface area contributed by atoms with Gasteiger partial charge in [0.1, 0.15) is 0 Å². The van der Waals surface area contributed by atoms with E-state index in [1.807, 2.05) is 0 Å². The molecule has 2 fully saturated rings. The lowest BCUT2D eigenvalue weighted by atomic mass is 10.00. The summed E-state index contributed by atoms with van der Waals surface area (Å²) in [7, 11) is 0. The maximum atomic E-state index is 3.44. The molecule has 0 aromatic rings. The van der Waals surface area contributed by atoms with Crippen LogP contribution in [0.4, 0.5) is 0 Å². The molecule has 0 aliphatic carbocycles. The van der Waals surface area contributed by atoms with Gasteiger partial charge in [-0.1, -0.05) is 32.6 Å². The summed E-state index contributed by atoms with van der Waals surface area (Å²) >= 11 is 0. The topological polar surface area (TPSA) is 18.5 Å². The highest BCUT2D eigenvalue weighted by Gasteiger charge is 2.34. The lowest BCUT2D eigenvalue weighted by Crippen LogP contribution is -2.64. The molecule has 2 heterocycles. The van der Waals surface area contributed by atoms with Crippen LogP contribution in [0.1, 0.15) is 46.0 Å². The third-order valence-electron chi connectivity index (χ3n) is 4.66. The second kappa shape index (κ2) is 7.46.